The fourth-order valence-electron chi connectivity index (χ4n) is 2.55. The first-order chi connectivity index (χ1) is 9.17. The van der Waals surface area contributed by atoms with Crippen LogP contribution in [0, 0.1) is 0 Å². The number of carbonyl (C=O) groups is 1. The molecular weight excluding hydrogens is 242 g/mol. The zero-order valence-electron chi connectivity index (χ0n) is 11.6. The molecule has 1 aromatic carbocycles. The minimum atomic E-state index is 0.325. The second kappa shape index (κ2) is 6.68. The van der Waals surface area contributed by atoms with Crippen molar-refractivity contribution in [1.82, 2.24) is 0 Å². The molecule has 2 atom stereocenters. The van der Waals surface area contributed by atoms with Crippen molar-refractivity contribution < 1.29 is 19.2 Å². The van der Waals surface area contributed by atoms with Gasteiger partial charge in [0.25, 0.3) is 0 Å². The van der Waals surface area contributed by atoms with Crippen molar-refractivity contribution in [2.75, 3.05) is 26.2 Å². The third kappa shape index (κ3) is 4.33. The molecule has 1 saturated heterocycles. The van der Waals surface area contributed by atoms with Crippen molar-refractivity contribution in [3.8, 4) is 5.75 Å². The van der Waals surface area contributed by atoms with Crippen molar-refractivity contribution in [3.05, 3.63) is 29.8 Å². The van der Waals surface area contributed by atoms with Gasteiger partial charge in [0.15, 0.2) is 0 Å². The van der Waals surface area contributed by atoms with Crippen LogP contribution in [0.1, 0.15) is 24.2 Å². The number of rotatable bonds is 5. The van der Waals surface area contributed by atoms with Gasteiger partial charge in [-0.3, -0.25) is 4.79 Å². The largest absolute Gasteiger partial charge is 0.488 e. The normalized spacial score (nSPS) is 26.9. The number of aldehydes is 1. The van der Waals surface area contributed by atoms with E-state index in [0.29, 0.717) is 24.4 Å². The smallest absolute Gasteiger partial charge is 0.150 e. The van der Waals surface area contributed by atoms with Gasteiger partial charge in [-0.25, -0.2) is 0 Å². The summed E-state index contributed by atoms with van der Waals surface area (Å²) >= 11 is 0. The number of carbonyl (C=O) groups excluding carboxylic acids is 1. The highest BCUT2D eigenvalue weighted by atomic mass is 16.5. The van der Waals surface area contributed by atoms with Gasteiger partial charge in [0.1, 0.15) is 50.5 Å². The first-order valence-electron chi connectivity index (χ1n) is 6.84. The fourth-order valence-corrected chi connectivity index (χ4v) is 2.55. The summed E-state index contributed by atoms with van der Waals surface area (Å²) in [6, 6.07) is 7.22. The maximum Gasteiger partial charge on any atom is 0.150 e. The van der Waals surface area contributed by atoms with Crippen LogP contribution in [0.2, 0.25) is 0 Å². The van der Waals surface area contributed by atoms with Crippen LogP contribution in [0.25, 0.3) is 0 Å². The molecule has 1 N–H and O–H groups in total. The predicted molar refractivity (Wildman–Crippen MR) is 72.9 cm³/mol. The van der Waals surface area contributed by atoms with Crippen LogP contribution in [-0.4, -0.2) is 44.7 Å². The second-order valence-corrected chi connectivity index (χ2v) is 5.20. The van der Waals surface area contributed by atoms with E-state index in [1.807, 2.05) is 12.1 Å². The quantitative estimate of drug-likeness (QED) is 0.790. The Morgan fingerprint density at radius 3 is 2.47 bits per heavy atom. The van der Waals surface area contributed by atoms with E-state index in [0.717, 1.165) is 31.7 Å². The van der Waals surface area contributed by atoms with E-state index in [2.05, 4.69) is 13.8 Å². The molecule has 2 rings (SSSR count). The summed E-state index contributed by atoms with van der Waals surface area (Å²) in [5.74, 6) is 0.819. The molecule has 1 heterocycles. The molecule has 0 aliphatic carbocycles. The summed E-state index contributed by atoms with van der Waals surface area (Å²) in [5.41, 5.74) is 0.675. The molecule has 0 amide bonds. The number of quaternary nitrogens is 1. The Balaban J connectivity index is 1.74. The van der Waals surface area contributed by atoms with Gasteiger partial charge in [0.05, 0.1) is 0 Å². The van der Waals surface area contributed by atoms with E-state index in [1.165, 1.54) is 4.90 Å². The first-order valence-corrected chi connectivity index (χ1v) is 6.84. The minimum absolute atomic E-state index is 0.325. The highest BCUT2D eigenvalue weighted by molar-refractivity contribution is 5.74. The van der Waals surface area contributed by atoms with Crippen LogP contribution in [0.3, 0.4) is 0 Å². The number of hydrogen-bond donors (Lipinski definition) is 1. The molecule has 0 radical (unpaired) electrons. The minimum Gasteiger partial charge on any atom is -0.488 e. The van der Waals surface area contributed by atoms with E-state index >= 15 is 0 Å². The third-order valence-corrected chi connectivity index (χ3v) is 3.36. The van der Waals surface area contributed by atoms with E-state index in [4.69, 9.17) is 9.47 Å². The summed E-state index contributed by atoms with van der Waals surface area (Å²) in [5, 5.41) is 0. The average Bonchev–Trinajstić information content (AvgIpc) is 2.38. The van der Waals surface area contributed by atoms with Gasteiger partial charge in [-0.1, -0.05) is 0 Å². The molecule has 4 heteroatoms. The lowest BCUT2D eigenvalue weighted by Gasteiger charge is -2.32. The molecule has 1 aliphatic heterocycles. The van der Waals surface area contributed by atoms with Crippen LogP contribution in [0.15, 0.2) is 24.3 Å². The van der Waals surface area contributed by atoms with E-state index in [1.54, 1.807) is 12.1 Å². The van der Waals surface area contributed by atoms with Crippen molar-refractivity contribution in [1.29, 1.82) is 0 Å². The van der Waals surface area contributed by atoms with Crippen LogP contribution >= 0.6 is 0 Å². The lowest BCUT2D eigenvalue weighted by Crippen LogP contribution is -3.16. The van der Waals surface area contributed by atoms with Gasteiger partial charge in [-0.2, -0.15) is 0 Å². The lowest BCUT2D eigenvalue weighted by molar-refractivity contribution is -0.915. The number of morpholine rings is 1. The van der Waals surface area contributed by atoms with Crippen molar-refractivity contribution >= 4 is 6.29 Å². The molecule has 4 nitrogen and oxygen atoms in total. The Bertz CT molecular complexity index is 394. The van der Waals surface area contributed by atoms with Crippen molar-refractivity contribution in [3.63, 3.8) is 0 Å². The van der Waals surface area contributed by atoms with Gasteiger partial charge in [-0.15, -0.1) is 0 Å². The van der Waals surface area contributed by atoms with Crippen LogP contribution in [-0.2, 0) is 4.74 Å². The van der Waals surface area contributed by atoms with Gasteiger partial charge in [0.2, 0.25) is 0 Å². The molecule has 1 aliphatic rings. The van der Waals surface area contributed by atoms with Crippen LogP contribution < -0.4 is 9.64 Å². The highest BCUT2D eigenvalue weighted by Gasteiger charge is 2.25. The van der Waals surface area contributed by atoms with E-state index in [9.17, 15) is 4.79 Å². The number of ether oxygens (including phenoxy) is 2. The van der Waals surface area contributed by atoms with E-state index < -0.39 is 0 Å². The Morgan fingerprint density at radius 2 is 1.89 bits per heavy atom. The SMILES string of the molecule is C[C@H]1C[NH+](CCOc2ccc(C=O)cc2)C[C@H](C)O1. The molecule has 0 unspecified atom stereocenters. The number of benzene rings is 1. The molecule has 1 fully saturated rings. The van der Waals surface area contributed by atoms with Gasteiger partial charge < -0.3 is 14.4 Å². The number of nitrogens with one attached hydrogen (secondary N) is 1. The molecule has 0 spiro atoms. The summed E-state index contributed by atoms with van der Waals surface area (Å²) < 4.78 is 11.4. The number of hydrogen-bond acceptors (Lipinski definition) is 3. The predicted octanol–water partition coefficient (Wildman–Crippen LogP) is 0.570. The average molecular weight is 264 g/mol. The monoisotopic (exact) mass is 264 g/mol. The zero-order valence-corrected chi connectivity index (χ0v) is 11.6. The van der Waals surface area contributed by atoms with Crippen LogP contribution in [0.5, 0.6) is 5.75 Å². The summed E-state index contributed by atoms with van der Waals surface area (Å²) in [4.78, 5) is 12.1. The van der Waals surface area contributed by atoms with Crippen molar-refractivity contribution in [2.24, 2.45) is 0 Å². The third-order valence-electron chi connectivity index (χ3n) is 3.36. The summed E-state index contributed by atoms with van der Waals surface area (Å²) in [6.07, 6.45) is 1.49. The molecule has 0 saturated carbocycles. The summed E-state index contributed by atoms with van der Waals surface area (Å²) in [7, 11) is 0. The maximum absolute atomic E-state index is 10.5. The standard InChI is InChI=1S/C15H21NO3/c1-12-9-16(10-13(2)19-12)7-8-18-15-5-3-14(11-17)4-6-15/h3-6,11-13H,7-10H2,1-2H3/p+1/t12-,13-/m0/s1. The molecule has 0 bridgehead atoms. The van der Waals surface area contributed by atoms with Gasteiger partial charge >= 0.3 is 0 Å². The Labute approximate surface area is 114 Å². The zero-order chi connectivity index (χ0) is 13.7. The van der Waals surface area contributed by atoms with Gasteiger partial charge in [-0.05, 0) is 38.1 Å². The van der Waals surface area contributed by atoms with Crippen molar-refractivity contribution in [2.45, 2.75) is 26.1 Å². The molecular formula is C15H22NO3+. The lowest BCUT2D eigenvalue weighted by atomic mass is 10.2. The topological polar surface area (TPSA) is 40.0 Å². The molecule has 0 aromatic heterocycles. The molecule has 19 heavy (non-hydrogen) atoms. The van der Waals surface area contributed by atoms with Crippen LogP contribution in [0.4, 0.5) is 0 Å². The molecule has 104 valence electrons. The second-order valence-electron chi connectivity index (χ2n) is 5.20. The Morgan fingerprint density at radius 1 is 1.26 bits per heavy atom. The first kappa shape index (κ1) is 14.0. The Hall–Kier alpha value is -1.39. The maximum atomic E-state index is 10.5. The summed E-state index contributed by atoms with van der Waals surface area (Å²) in [6.45, 7) is 7.99. The molecule has 1 aromatic rings. The fraction of sp³-hybridized carbons (Fsp3) is 0.533. The van der Waals surface area contributed by atoms with E-state index in [-0.39, 0.29) is 0 Å². The highest BCUT2D eigenvalue weighted by Crippen LogP contribution is 2.10. The Kier molecular flexibility index (Phi) is 4.93. The van der Waals surface area contributed by atoms with Gasteiger partial charge in [0, 0.05) is 5.56 Å².